The summed E-state index contributed by atoms with van der Waals surface area (Å²) in [6.45, 7) is 0. The number of methoxy groups -OCH3 is 1. The van der Waals surface area contributed by atoms with Gasteiger partial charge in [0, 0.05) is 17.3 Å². The Bertz CT molecular complexity index is 875. The second-order valence-electron chi connectivity index (χ2n) is 5.36. The van der Waals surface area contributed by atoms with Crippen LogP contribution in [0.2, 0.25) is 0 Å². The number of hydrogen-bond donors (Lipinski definition) is 1. The van der Waals surface area contributed by atoms with Crippen LogP contribution in [-0.2, 0) is 4.79 Å². The Labute approximate surface area is 146 Å². The van der Waals surface area contributed by atoms with Gasteiger partial charge in [0.1, 0.15) is 5.75 Å². The van der Waals surface area contributed by atoms with Crippen LogP contribution in [0, 0.1) is 0 Å². The number of para-hydroxylation sites is 1. The van der Waals surface area contributed by atoms with E-state index in [4.69, 9.17) is 4.74 Å². The average molecular weight is 330 g/mol. The van der Waals surface area contributed by atoms with Crippen LogP contribution in [0.25, 0.3) is 11.6 Å². The second kappa shape index (κ2) is 7.93. The summed E-state index contributed by atoms with van der Waals surface area (Å²) in [6, 6.07) is 20.7. The average Bonchev–Trinajstić information content (AvgIpc) is 2.67. The molecule has 2 aromatic carbocycles. The lowest BCUT2D eigenvalue weighted by molar-refractivity contribution is -0.111. The van der Waals surface area contributed by atoms with E-state index in [2.05, 4.69) is 10.3 Å². The van der Waals surface area contributed by atoms with Crippen molar-refractivity contribution in [1.82, 2.24) is 4.98 Å². The van der Waals surface area contributed by atoms with Gasteiger partial charge in [-0.1, -0.05) is 48.5 Å². The van der Waals surface area contributed by atoms with Gasteiger partial charge in [0.05, 0.1) is 19.0 Å². The molecular weight excluding hydrogens is 312 g/mol. The number of hydrogen-bond acceptors (Lipinski definition) is 3. The molecule has 1 heterocycles. The topological polar surface area (TPSA) is 51.2 Å². The standard InChI is InChI=1S/C21H18N2O2/c1-25-20-12-6-5-10-17(20)14-19(16-8-3-2-4-9-16)21(24)23-18-11-7-13-22-15-18/h2-15H,1H3,(H,23,24). The molecule has 1 amide bonds. The Morgan fingerprint density at radius 2 is 1.76 bits per heavy atom. The number of anilines is 1. The summed E-state index contributed by atoms with van der Waals surface area (Å²) in [5.74, 6) is 0.509. The quantitative estimate of drug-likeness (QED) is 0.561. The van der Waals surface area contributed by atoms with E-state index in [1.807, 2.05) is 60.7 Å². The summed E-state index contributed by atoms with van der Waals surface area (Å²) in [5.41, 5.74) is 2.86. The van der Waals surface area contributed by atoms with Gasteiger partial charge in [-0.2, -0.15) is 0 Å². The summed E-state index contributed by atoms with van der Waals surface area (Å²) < 4.78 is 5.39. The highest BCUT2D eigenvalue weighted by atomic mass is 16.5. The molecule has 0 spiro atoms. The maximum Gasteiger partial charge on any atom is 0.256 e. The Morgan fingerprint density at radius 1 is 1.00 bits per heavy atom. The fourth-order valence-corrected chi connectivity index (χ4v) is 2.47. The van der Waals surface area contributed by atoms with Crippen molar-refractivity contribution in [3.8, 4) is 5.75 Å². The molecule has 0 aliphatic heterocycles. The van der Waals surface area contributed by atoms with E-state index in [0.717, 1.165) is 11.1 Å². The molecule has 1 N–H and O–H groups in total. The van der Waals surface area contributed by atoms with Crippen molar-refractivity contribution in [2.75, 3.05) is 12.4 Å². The first-order valence-electron chi connectivity index (χ1n) is 7.89. The highest BCUT2D eigenvalue weighted by Crippen LogP contribution is 2.25. The monoisotopic (exact) mass is 330 g/mol. The van der Waals surface area contributed by atoms with Crippen LogP contribution in [0.3, 0.4) is 0 Å². The molecule has 0 saturated heterocycles. The molecule has 0 atom stereocenters. The molecule has 0 unspecified atom stereocenters. The molecule has 0 bridgehead atoms. The minimum absolute atomic E-state index is 0.204. The molecule has 124 valence electrons. The molecule has 3 aromatic rings. The zero-order valence-electron chi connectivity index (χ0n) is 13.8. The second-order valence-corrected chi connectivity index (χ2v) is 5.36. The van der Waals surface area contributed by atoms with E-state index >= 15 is 0 Å². The number of ether oxygens (including phenoxy) is 1. The number of carbonyl (C=O) groups is 1. The van der Waals surface area contributed by atoms with Crippen molar-refractivity contribution < 1.29 is 9.53 Å². The Balaban J connectivity index is 2.01. The van der Waals surface area contributed by atoms with Crippen LogP contribution in [0.4, 0.5) is 5.69 Å². The summed E-state index contributed by atoms with van der Waals surface area (Å²) >= 11 is 0. The van der Waals surface area contributed by atoms with Crippen molar-refractivity contribution in [2.24, 2.45) is 0 Å². The number of carbonyl (C=O) groups excluding carboxylic acids is 1. The lowest BCUT2D eigenvalue weighted by Crippen LogP contribution is -2.13. The van der Waals surface area contributed by atoms with Gasteiger partial charge in [0.2, 0.25) is 0 Å². The van der Waals surface area contributed by atoms with Gasteiger partial charge < -0.3 is 10.1 Å². The molecule has 0 saturated carbocycles. The maximum absolute atomic E-state index is 12.9. The molecule has 4 heteroatoms. The summed E-state index contributed by atoms with van der Waals surface area (Å²) in [7, 11) is 1.62. The first-order valence-corrected chi connectivity index (χ1v) is 7.89. The van der Waals surface area contributed by atoms with Crippen molar-refractivity contribution in [2.45, 2.75) is 0 Å². The summed E-state index contributed by atoms with van der Waals surface area (Å²) in [5, 5.41) is 2.89. The van der Waals surface area contributed by atoms with Gasteiger partial charge in [0.15, 0.2) is 0 Å². The number of nitrogens with one attached hydrogen (secondary N) is 1. The van der Waals surface area contributed by atoms with Crippen LogP contribution in [0.15, 0.2) is 79.1 Å². The van der Waals surface area contributed by atoms with Gasteiger partial charge in [-0.15, -0.1) is 0 Å². The van der Waals surface area contributed by atoms with Crippen molar-refractivity contribution in [1.29, 1.82) is 0 Å². The summed E-state index contributed by atoms with van der Waals surface area (Å²) in [4.78, 5) is 16.9. The molecule has 3 rings (SSSR count). The highest BCUT2D eigenvalue weighted by Gasteiger charge is 2.13. The van der Waals surface area contributed by atoms with E-state index in [9.17, 15) is 4.79 Å². The number of nitrogens with zero attached hydrogens (tertiary/aromatic N) is 1. The molecule has 0 radical (unpaired) electrons. The molecule has 4 nitrogen and oxygen atoms in total. The smallest absolute Gasteiger partial charge is 0.256 e. The number of rotatable bonds is 5. The lowest BCUT2D eigenvalue weighted by atomic mass is 10.0. The normalized spacial score (nSPS) is 11.0. The largest absolute Gasteiger partial charge is 0.496 e. The Hall–Kier alpha value is -3.40. The molecule has 0 aliphatic carbocycles. The zero-order chi connectivity index (χ0) is 17.5. The number of pyridine rings is 1. The van der Waals surface area contributed by atoms with Gasteiger partial charge in [-0.05, 0) is 29.8 Å². The predicted octanol–water partition coefficient (Wildman–Crippen LogP) is 4.27. The third-order valence-corrected chi connectivity index (χ3v) is 3.69. The van der Waals surface area contributed by atoms with E-state index in [0.29, 0.717) is 17.0 Å². The van der Waals surface area contributed by atoms with Crippen molar-refractivity contribution >= 4 is 23.2 Å². The van der Waals surface area contributed by atoms with Crippen LogP contribution in [-0.4, -0.2) is 18.0 Å². The Morgan fingerprint density at radius 3 is 2.48 bits per heavy atom. The molecule has 0 aliphatic rings. The van der Waals surface area contributed by atoms with Crippen molar-refractivity contribution in [3.63, 3.8) is 0 Å². The van der Waals surface area contributed by atoms with Crippen LogP contribution in [0.5, 0.6) is 5.75 Å². The third kappa shape index (κ3) is 4.12. The highest BCUT2D eigenvalue weighted by molar-refractivity contribution is 6.29. The van der Waals surface area contributed by atoms with E-state index < -0.39 is 0 Å². The fourth-order valence-electron chi connectivity index (χ4n) is 2.47. The van der Waals surface area contributed by atoms with Gasteiger partial charge in [-0.3, -0.25) is 9.78 Å². The SMILES string of the molecule is COc1ccccc1C=C(C(=O)Nc1cccnc1)c1ccccc1. The van der Waals surface area contributed by atoms with Gasteiger partial charge in [-0.25, -0.2) is 0 Å². The van der Waals surface area contributed by atoms with Crippen molar-refractivity contribution in [3.05, 3.63) is 90.3 Å². The molecular formula is C21H18N2O2. The van der Waals surface area contributed by atoms with Crippen LogP contribution >= 0.6 is 0 Å². The maximum atomic E-state index is 12.9. The minimum Gasteiger partial charge on any atom is -0.496 e. The summed E-state index contributed by atoms with van der Waals surface area (Å²) in [6.07, 6.45) is 5.11. The number of amides is 1. The molecule has 0 fully saturated rings. The van der Waals surface area contributed by atoms with Gasteiger partial charge >= 0.3 is 0 Å². The van der Waals surface area contributed by atoms with Crippen LogP contribution in [0.1, 0.15) is 11.1 Å². The minimum atomic E-state index is -0.204. The first kappa shape index (κ1) is 16.5. The predicted molar refractivity (Wildman–Crippen MR) is 100 cm³/mol. The first-order chi connectivity index (χ1) is 12.3. The Kier molecular flexibility index (Phi) is 5.22. The zero-order valence-corrected chi connectivity index (χ0v) is 13.8. The lowest BCUT2D eigenvalue weighted by Gasteiger charge is -2.11. The number of benzene rings is 2. The van der Waals surface area contributed by atoms with Crippen LogP contribution < -0.4 is 10.1 Å². The van der Waals surface area contributed by atoms with E-state index in [-0.39, 0.29) is 5.91 Å². The molecule has 25 heavy (non-hydrogen) atoms. The van der Waals surface area contributed by atoms with E-state index in [1.165, 1.54) is 0 Å². The third-order valence-electron chi connectivity index (χ3n) is 3.69. The van der Waals surface area contributed by atoms with E-state index in [1.54, 1.807) is 31.6 Å². The fraction of sp³-hybridized carbons (Fsp3) is 0.0476. The number of aromatic nitrogens is 1. The van der Waals surface area contributed by atoms with Gasteiger partial charge in [0.25, 0.3) is 5.91 Å². The molecule has 1 aromatic heterocycles.